The van der Waals surface area contributed by atoms with E-state index >= 15 is 0 Å². The molecule has 0 radical (unpaired) electrons. The van der Waals surface area contributed by atoms with E-state index in [1.165, 1.54) is 13.0 Å². The zero-order valence-corrected chi connectivity index (χ0v) is 37.8. The molecule has 0 aromatic rings. The maximum atomic E-state index is 12.9. The first kappa shape index (κ1) is 57.7. The lowest BCUT2D eigenvalue weighted by molar-refractivity contribution is -0.277. The van der Waals surface area contributed by atoms with Gasteiger partial charge in [0.2, 0.25) is 0 Å². The highest BCUT2D eigenvalue weighted by Crippen LogP contribution is 2.26. The Bertz CT molecular complexity index is 1600. The quantitative estimate of drug-likeness (QED) is 0.174. The second kappa shape index (κ2) is 30.0. The number of carbonyl (C=O) groups is 3. The molecule has 0 bridgehead atoms. The monoisotopic (exact) mass is 926 g/mol. The molecule has 18 unspecified atom stereocenters. The highest BCUT2D eigenvalue weighted by molar-refractivity contribution is 5.81. The predicted molar refractivity (Wildman–Crippen MR) is 238 cm³/mol. The molecule has 0 spiro atoms. The predicted octanol–water partition coefficient (Wildman–Crippen LogP) is 0.778. The Balaban J connectivity index is 2.26. The van der Waals surface area contributed by atoms with E-state index in [0.717, 1.165) is 12.8 Å². The number of carboxylic acid groups (broad SMARTS) is 1. The molecule has 2 aliphatic heterocycles. The smallest absolute Gasteiger partial charge is 0.311 e. The molecule has 65 heavy (non-hydrogen) atoms. The Labute approximate surface area is 381 Å². The van der Waals surface area contributed by atoms with E-state index in [1.54, 1.807) is 44.2 Å². The normalized spacial score (nSPS) is 42.0. The molecule has 2 aliphatic rings. The summed E-state index contributed by atoms with van der Waals surface area (Å²) in [6.45, 7) is 6.73. The number of hydrogen-bond acceptors (Lipinski definition) is 17. The van der Waals surface area contributed by atoms with Crippen molar-refractivity contribution in [2.45, 2.75) is 184 Å². The van der Waals surface area contributed by atoms with Gasteiger partial charge < -0.3 is 76.1 Å². The number of carboxylic acids is 1. The number of rotatable bonds is 3. The Morgan fingerprint density at radius 2 is 1.18 bits per heavy atom. The number of cyclic esters (lactones) is 1. The highest BCUT2D eigenvalue weighted by atomic mass is 16.7. The first-order valence-corrected chi connectivity index (χ1v) is 22.4. The molecule has 18 heteroatoms. The van der Waals surface area contributed by atoms with Crippen LogP contribution in [0.1, 0.15) is 91.9 Å². The fraction of sp³-hybridized carbons (Fsp3) is 0.681. The Hall–Kier alpha value is -3.47. The summed E-state index contributed by atoms with van der Waals surface area (Å²) in [7, 11) is 0. The number of Topliss-reactive ketones (excluding diaryl/α,β-unsaturated/α-hetero) is 1. The first-order chi connectivity index (χ1) is 30.6. The van der Waals surface area contributed by atoms with Gasteiger partial charge in [0.1, 0.15) is 23.9 Å². The molecule has 2 rings (SSSR count). The van der Waals surface area contributed by atoms with Crippen LogP contribution in [0.25, 0.3) is 0 Å². The number of ketones is 1. The summed E-state index contributed by atoms with van der Waals surface area (Å²) in [5, 5.41) is 116. The average molecular weight is 926 g/mol. The fourth-order valence-corrected chi connectivity index (χ4v) is 7.45. The van der Waals surface area contributed by atoms with Gasteiger partial charge in [0.25, 0.3) is 0 Å². The van der Waals surface area contributed by atoms with Gasteiger partial charge in [-0.3, -0.25) is 14.4 Å². The lowest BCUT2D eigenvalue weighted by atomic mass is 9.88. The molecule has 0 aromatic carbocycles. The van der Waals surface area contributed by atoms with Crippen LogP contribution in [-0.2, 0) is 28.6 Å². The van der Waals surface area contributed by atoms with Crippen molar-refractivity contribution >= 4 is 17.7 Å². The van der Waals surface area contributed by atoms with E-state index in [9.17, 15) is 70.6 Å². The van der Waals surface area contributed by atoms with Crippen LogP contribution < -0.4 is 5.73 Å². The standard InChI is InChI=1S/C47H75NO17/c1-27-17-15-13-11-9-7-5-6-8-10-12-14-16-18-35(65-47-45(60)42(48)44(59)30(4)64-47)26-39(56)41(46(61)62)38(55)24-34(52)23-37(54)36(53)20-19-31(49)21-32(50)22-33(51)25-40(57)63-29(3)28(2)43(27)58/h5-6,8,10-18,27-33,35-39,41-45,47,49-51,53-56,58-60H,7,9,19-26,48H2,1-4H3,(H,61,62)/b6-5-,10-8-,13-11-,14-12-,17-15-,18-16?. The number of aliphatic hydroxyl groups is 10. The number of esters is 1. The summed E-state index contributed by atoms with van der Waals surface area (Å²) in [6, 6.07) is -1.15. The first-order valence-electron chi connectivity index (χ1n) is 22.4. The molecule has 13 N–H and O–H groups in total. The molecule has 0 amide bonds. The molecule has 2 heterocycles. The van der Waals surface area contributed by atoms with Crippen LogP contribution in [0.5, 0.6) is 0 Å². The highest BCUT2D eigenvalue weighted by Gasteiger charge is 2.43. The topological polar surface area (TPSA) is 327 Å². The van der Waals surface area contributed by atoms with E-state index in [2.05, 4.69) is 0 Å². The van der Waals surface area contributed by atoms with Gasteiger partial charge in [-0.05, 0) is 52.4 Å². The van der Waals surface area contributed by atoms with Crippen LogP contribution >= 0.6 is 0 Å². The molecule has 18 nitrogen and oxygen atoms in total. The zero-order chi connectivity index (χ0) is 48.8. The Kier molecular flexibility index (Phi) is 26.6. The van der Waals surface area contributed by atoms with E-state index in [1.807, 2.05) is 43.4 Å². The number of aliphatic hydroxyl groups excluding tert-OH is 10. The van der Waals surface area contributed by atoms with E-state index < -0.39 is 147 Å². The summed E-state index contributed by atoms with van der Waals surface area (Å²) in [5.41, 5.74) is 5.96. The van der Waals surface area contributed by atoms with Crippen LogP contribution in [0.4, 0.5) is 0 Å². The van der Waals surface area contributed by atoms with Crippen LogP contribution in [0.3, 0.4) is 0 Å². The van der Waals surface area contributed by atoms with Crippen molar-refractivity contribution in [1.82, 2.24) is 0 Å². The lowest BCUT2D eigenvalue weighted by Crippen LogP contribution is -2.61. The van der Waals surface area contributed by atoms with Gasteiger partial charge in [0, 0.05) is 31.1 Å². The summed E-state index contributed by atoms with van der Waals surface area (Å²) in [5.74, 6) is -5.88. The number of aliphatic carboxylic acids is 1. The van der Waals surface area contributed by atoms with Gasteiger partial charge in [-0.2, -0.15) is 0 Å². The average Bonchev–Trinajstić information content (AvgIpc) is 3.22. The molecule has 0 aliphatic carbocycles. The van der Waals surface area contributed by atoms with Gasteiger partial charge in [0.05, 0.1) is 79.6 Å². The third-order valence-electron chi connectivity index (χ3n) is 11.7. The van der Waals surface area contributed by atoms with Crippen LogP contribution in [0, 0.1) is 17.8 Å². The van der Waals surface area contributed by atoms with Gasteiger partial charge in [-0.1, -0.05) is 86.8 Å². The minimum Gasteiger partial charge on any atom is -0.481 e. The molecule has 18 atom stereocenters. The van der Waals surface area contributed by atoms with Crippen LogP contribution in [0.2, 0.25) is 0 Å². The zero-order valence-electron chi connectivity index (χ0n) is 37.8. The van der Waals surface area contributed by atoms with Gasteiger partial charge in [-0.25, -0.2) is 0 Å². The molecule has 1 fully saturated rings. The summed E-state index contributed by atoms with van der Waals surface area (Å²) < 4.78 is 17.0. The van der Waals surface area contributed by atoms with Crippen molar-refractivity contribution in [3.05, 3.63) is 72.9 Å². The van der Waals surface area contributed by atoms with E-state index in [-0.39, 0.29) is 31.6 Å². The molecule has 0 aromatic heterocycles. The third-order valence-corrected chi connectivity index (χ3v) is 11.7. The van der Waals surface area contributed by atoms with Crippen molar-refractivity contribution in [2.75, 3.05) is 0 Å². The minimum atomic E-state index is -1.95. The summed E-state index contributed by atoms with van der Waals surface area (Å²) in [6.07, 6.45) is 0.848. The van der Waals surface area contributed by atoms with Crippen LogP contribution in [0.15, 0.2) is 72.9 Å². The molecular formula is C47H75NO17. The SMILES string of the molecule is CC1/C=C\C=C/CC\C=C/C=C\C=C/C=CC(OC2OC(C)C(O)C(N)C2O)CC(O)C(C(=O)O)C(O)CC(=O)CC(O)C(O)CCC(O)CC(O)CC(O)CC(=O)OC(C)C(C)C1O. The largest absolute Gasteiger partial charge is 0.481 e. The summed E-state index contributed by atoms with van der Waals surface area (Å²) in [4.78, 5) is 37.8. The number of ether oxygens (including phenoxy) is 3. The van der Waals surface area contributed by atoms with Crippen molar-refractivity contribution in [1.29, 1.82) is 0 Å². The molecule has 370 valence electrons. The maximum Gasteiger partial charge on any atom is 0.311 e. The minimum absolute atomic E-state index is 0.144. The summed E-state index contributed by atoms with van der Waals surface area (Å²) >= 11 is 0. The van der Waals surface area contributed by atoms with E-state index in [0.29, 0.717) is 0 Å². The Morgan fingerprint density at radius 1 is 0.615 bits per heavy atom. The maximum absolute atomic E-state index is 12.9. The van der Waals surface area contributed by atoms with Gasteiger partial charge in [0.15, 0.2) is 6.29 Å². The number of allylic oxidation sites excluding steroid dienone is 10. The van der Waals surface area contributed by atoms with Gasteiger partial charge in [-0.15, -0.1) is 0 Å². The van der Waals surface area contributed by atoms with Crippen molar-refractivity contribution in [2.24, 2.45) is 23.5 Å². The van der Waals surface area contributed by atoms with Crippen molar-refractivity contribution in [3.8, 4) is 0 Å². The molecular weight excluding hydrogens is 851 g/mol. The lowest BCUT2D eigenvalue weighted by Gasteiger charge is -2.41. The molecule has 1 saturated heterocycles. The second-order valence-electron chi connectivity index (χ2n) is 17.4. The number of carbonyl (C=O) groups excluding carboxylic acids is 2. The number of nitrogens with two attached hydrogens (primary N) is 1. The number of hydrogen-bond donors (Lipinski definition) is 12. The van der Waals surface area contributed by atoms with Gasteiger partial charge >= 0.3 is 11.9 Å². The fourth-order valence-electron chi connectivity index (χ4n) is 7.45. The van der Waals surface area contributed by atoms with Crippen LogP contribution in [-0.4, -0.2) is 166 Å². The second-order valence-corrected chi connectivity index (χ2v) is 17.4. The van der Waals surface area contributed by atoms with E-state index in [4.69, 9.17) is 19.9 Å². The third kappa shape index (κ3) is 21.4. The Morgan fingerprint density at radius 3 is 1.83 bits per heavy atom. The van der Waals surface area contributed by atoms with Crippen molar-refractivity contribution in [3.63, 3.8) is 0 Å². The van der Waals surface area contributed by atoms with Crippen molar-refractivity contribution < 1.29 is 84.8 Å². The molecule has 0 saturated carbocycles.